The van der Waals surface area contributed by atoms with E-state index in [-0.39, 0.29) is 12.0 Å². The van der Waals surface area contributed by atoms with Crippen LogP contribution < -0.4 is 11.1 Å². The molecule has 0 radical (unpaired) electrons. The maximum absolute atomic E-state index is 12.5. The van der Waals surface area contributed by atoms with Crippen molar-refractivity contribution < 1.29 is 0 Å². The molecule has 122 valence electrons. The van der Waals surface area contributed by atoms with E-state index < -0.39 is 11.1 Å². The molecule has 7 nitrogen and oxygen atoms in total. The number of likely N-dealkylation sites (tertiary alicyclic amines) is 1. The van der Waals surface area contributed by atoms with Gasteiger partial charge in [-0.1, -0.05) is 0 Å². The molecule has 1 unspecified atom stereocenters. The van der Waals surface area contributed by atoms with Gasteiger partial charge in [0.15, 0.2) is 0 Å². The van der Waals surface area contributed by atoms with Crippen LogP contribution in [0.1, 0.15) is 29.4 Å². The lowest BCUT2D eigenvalue weighted by atomic mass is 9.85. The molecular formula is C15H19N5O2S. The first-order chi connectivity index (χ1) is 11.0. The number of likely N-dealkylation sites (N-methyl/N-ethyl adjacent to an activating group) is 1. The van der Waals surface area contributed by atoms with Gasteiger partial charge >= 0.3 is 11.1 Å². The Morgan fingerprint density at radius 3 is 2.70 bits per heavy atom. The van der Waals surface area contributed by atoms with E-state index in [0.717, 1.165) is 42.5 Å². The molecule has 0 aliphatic carbocycles. The van der Waals surface area contributed by atoms with Crippen molar-refractivity contribution in [2.45, 2.75) is 38.3 Å². The highest BCUT2D eigenvalue weighted by molar-refractivity contribution is 7.09. The minimum Gasteiger partial charge on any atom is -0.305 e. The summed E-state index contributed by atoms with van der Waals surface area (Å²) in [6.45, 7) is 4.68. The largest absolute Gasteiger partial charge is 0.332 e. The van der Waals surface area contributed by atoms with Crippen LogP contribution >= 0.6 is 11.3 Å². The summed E-state index contributed by atoms with van der Waals surface area (Å²) in [6.07, 6.45) is 1.88. The maximum atomic E-state index is 12.5. The first-order valence-electron chi connectivity index (χ1n) is 7.80. The molecule has 0 amide bonds. The van der Waals surface area contributed by atoms with E-state index in [4.69, 9.17) is 0 Å². The lowest BCUT2D eigenvalue weighted by Crippen LogP contribution is -2.45. The number of thiazole rings is 1. The second kappa shape index (κ2) is 5.10. The van der Waals surface area contributed by atoms with Crippen molar-refractivity contribution in [1.29, 1.82) is 0 Å². The van der Waals surface area contributed by atoms with E-state index in [1.807, 2.05) is 12.3 Å². The summed E-state index contributed by atoms with van der Waals surface area (Å²) in [4.78, 5) is 31.4. The fraction of sp³-hybridized carbons (Fsp3) is 0.600. The summed E-state index contributed by atoms with van der Waals surface area (Å²) in [6, 6.07) is 0. The van der Waals surface area contributed by atoms with Crippen LogP contribution in [0.15, 0.2) is 15.0 Å². The summed E-state index contributed by atoms with van der Waals surface area (Å²) in [7, 11) is 2.09. The summed E-state index contributed by atoms with van der Waals surface area (Å²) in [5.41, 5.74) is -0.306. The molecule has 2 aliphatic rings. The Bertz CT molecular complexity index is 883. The summed E-state index contributed by atoms with van der Waals surface area (Å²) in [5, 5.41) is 7.45. The molecule has 2 aromatic rings. The minimum absolute atomic E-state index is 0.0820. The summed E-state index contributed by atoms with van der Waals surface area (Å²) < 4.78 is 2.89. The van der Waals surface area contributed by atoms with E-state index in [9.17, 15) is 9.59 Å². The molecule has 1 atom stereocenters. The van der Waals surface area contributed by atoms with E-state index in [2.05, 4.69) is 22.0 Å². The number of hydrogen-bond acceptors (Lipinski definition) is 6. The van der Waals surface area contributed by atoms with E-state index >= 15 is 0 Å². The third-order valence-corrected chi connectivity index (χ3v) is 5.77. The van der Waals surface area contributed by atoms with Crippen LogP contribution in [0.4, 0.5) is 0 Å². The van der Waals surface area contributed by atoms with Gasteiger partial charge in [0, 0.05) is 23.9 Å². The summed E-state index contributed by atoms with van der Waals surface area (Å²) >= 11 is 1.53. The standard InChI is InChI=1S/C15H19N5O2S/c1-10-16-11(8-23-10)7-20-13(22)12(21)19-6-4-15(14(19)17-20)3-5-18(2)9-15/h8H,3-7,9H2,1-2H3. The number of aryl methyl sites for hydroxylation is 1. The highest BCUT2D eigenvalue weighted by atomic mass is 32.1. The van der Waals surface area contributed by atoms with Crippen molar-refractivity contribution in [3.05, 3.63) is 42.6 Å². The minimum atomic E-state index is -0.553. The molecule has 2 aliphatic heterocycles. The normalized spacial score (nSPS) is 23.7. The Labute approximate surface area is 137 Å². The number of nitrogens with zero attached hydrogens (tertiary/aromatic N) is 5. The van der Waals surface area contributed by atoms with Crippen molar-refractivity contribution in [1.82, 2.24) is 24.2 Å². The molecule has 1 saturated heterocycles. The van der Waals surface area contributed by atoms with E-state index in [1.54, 1.807) is 4.57 Å². The molecule has 8 heteroatoms. The fourth-order valence-corrected chi connectivity index (χ4v) is 4.38. The van der Waals surface area contributed by atoms with Crippen LogP contribution in [-0.4, -0.2) is 44.4 Å². The topological polar surface area (TPSA) is 73.0 Å². The van der Waals surface area contributed by atoms with Crippen LogP contribution in [0.5, 0.6) is 0 Å². The Morgan fingerprint density at radius 2 is 2.04 bits per heavy atom. The number of hydrogen-bond donors (Lipinski definition) is 0. The monoisotopic (exact) mass is 333 g/mol. The second-order valence-corrected chi connectivity index (χ2v) is 7.68. The van der Waals surface area contributed by atoms with Gasteiger partial charge in [0.1, 0.15) is 5.82 Å². The second-order valence-electron chi connectivity index (χ2n) is 6.62. The van der Waals surface area contributed by atoms with Crippen LogP contribution in [-0.2, 0) is 18.5 Å². The van der Waals surface area contributed by atoms with Crippen molar-refractivity contribution in [2.75, 3.05) is 20.1 Å². The van der Waals surface area contributed by atoms with Crippen molar-refractivity contribution >= 4 is 11.3 Å². The van der Waals surface area contributed by atoms with Crippen molar-refractivity contribution in [2.24, 2.45) is 0 Å². The third kappa shape index (κ3) is 2.28. The molecule has 4 rings (SSSR count). The Hall–Kier alpha value is -1.80. The molecule has 23 heavy (non-hydrogen) atoms. The zero-order valence-corrected chi connectivity index (χ0v) is 14.1. The SMILES string of the molecule is Cc1nc(Cn2nc3n(c(=O)c2=O)CCC32CCN(C)C2)cs1. The fourth-order valence-electron chi connectivity index (χ4n) is 3.78. The molecule has 2 aromatic heterocycles. The van der Waals surface area contributed by atoms with Gasteiger partial charge in [0.05, 0.1) is 17.2 Å². The van der Waals surface area contributed by atoms with Gasteiger partial charge in [0.25, 0.3) is 0 Å². The molecule has 0 bridgehead atoms. The molecule has 4 heterocycles. The van der Waals surface area contributed by atoms with Gasteiger partial charge in [-0.05, 0) is 33.4 Å². The zero-order valence-electron chi connectivity index (χ0n) is 13.3. The molecule has 0 N–H and O–H groups in total. The molecule has 1 fully saturated rings. The van der Waals surface area contributed by atoms with Gasteiger partial charge in [0.2, 0.25) is 0 Å². The van der Waals surface area contributed by atoms with Crippen LogP contribution in [0.25, 0.3) is 0 Å². The highest BCUT2D eigenvalue weighted by Crippen LogP contribution is 2.39. The highest BCUT2D eigenvalue weighted by Gasteiger charge is 2.46. The lowest BCUT2D eigenvalue weighted by Gasteiger charge is -2.22. The Morgan fingerprint density at radius 1 is 1.26 bits per heavy atom. The van der Waals surface area contributed by atoms with Crippen molar-refractivity contribution in [3.63, 3.8) is 0 Å². The first kappa shape index (κ1) is 14.8. The number of fused-ring (bicyclic) bond motifs is 2. The van der Waals surface area contributed by atoms with Crippen LogP contribution in [0.3, 0.4) is 0 Å². The van der Waals surface area contributed by atoms with Crippen molar-refractivity contribution in [3.8, 4) is 0 Å². The Kier molecular flexibility index (Phi) is 3.28. The van der Waals surface area contributed by atoms with Gasteiger partial charge in [-0.25, -0.2) is 9.67 Å². The average Bonchev–Trinajstić information content (AvgIpc) is 3.19. The van der Waals surface area contributed by atoms with E-state index in [1.165, 1.54) is 16.0 Å². The molecular weight excluding hydrogens is 314 g/mol. The third-order valence-electron chi connectivity index (χ3n) is 4.94. The quantitative estimate of drug-likeness (QED) is 0.734. The van der Waals surface area contributed by atoms with Crippen LogP contribution in [0, 0.1) is 6.92 Å². The van der Waals surface area contributed by atoms with Gasteiger partial charge in [-0.15, -0.1) is 11.3 Å². The molecule has 0 aromatic carbocycles. The predicted molar refractivity (Wildman–Crippen MR) is 87.1 cm³/mol. The van der Waals surface area contributed by atoms with E-state index in [0.29, 0.717) is 6.54 Å². The predicted octanol–water partition coefficient (Wildman–Crippen LogP) is 0.195. The van der Waals surface area contributed by atoms with Gasteiger partial charge < -0.3 is 4.90 Å². The molecule has 1 spiro atoms. The number of aromatic nitrogens is 4. The summed E-state index contributed by atoms with van der Waals surface area (Å²) in [5.74, 6) is 0.776. The molecule has 0 saturated carbocycles. The first-order valence-corrected chi connectivity index (χ1v) is 8.68. The number of rotatable bonds is 2. The zero-order chi connectivity index (χ0) is 16.2. The maximum Gasteiger partial charge on any atom is 0.332 e. The smallest absolute Gasteiger partial charge is 0.305 e. The average molecular weight is 333 g/mol. The lowest BCUT2D eigenvalue weighted by molar-refractivity contribution is 0.357. The van der Waals surface area contributed by atoms with Gasteiger partial charge in [-0.3, -0.25) is 14.2 Å². The van der Waals surface area contributed by atoms with Crippen LogP contribution in [0.2, 0.25) is 0 Å². The van der Waals surface area contributed by atoms with Gasteiger partial charge in [-0.2, -0.15) is 5.10 Å². The Balaban J connectivity index is 1.81.